The molecule has 2 atom stereocenters. The van der Waals surface area contributed by atoms with Gasteiger partial charge < -0.3 is 10.3 Å². The van der Waals surface area contributed by atoms with Crippen molar-refractivity contribution in [3.8, 4) is 0 Å². The molecule has 2 saturated heterocycles. The molecule has 100 valence electrons. The van der Waals surface area contributed by atoms with Crippen molar-refractivity contribution in [3.63, 3.8) is 0 Å². The molecule has 1 aromatic carbocycles. The fourth-order valence-electron chi connectivity index (χ4n) is 3.84. The largest absolute Gasteiger partial charge is 0.361 e. The molecule has 2 unspecified atom stereocenters. The SMILES string of the molecule is c1ccc2c(CNC3CCN4CCCC34)c[nH]c2c1. The van der Waals surface area contributed by atoms with Gasteiger partial charge in [-0.2, -0.15) is 0 Å². The van der Waals surface area contributed by atoms with E-state index in [0.29, 0.717) is 6.04 Å². The molecule has 0 radical (unpaired) electrons. The van der Waals surface area contributed by atoms with Gasteiger partial charge in [-0.05, 0) is 37.4 Å². The molecule has 2 aliphatic heterocycles. The molecule has 1 aromatic heterocycles. The van der Waals surface area contributed by atoms with Crippen LogP contribution in [-0.4, -0.2) is 35.1 Å². The van der Waals surface area contributed by atoms with Gasteiger partial charge in [0.2, 0.25) is 0 Å². The second-order valence-electron chi connectivity index (χ2n) is 5.88. The van der Waals surface area contributed by atoms with Gasteiger partial charge in [-0.3, -0.25) is 4.90 Å². The second kappa shape index (κ2) is 4.66. The Balaban J connectivity index is 1.47. The molecule has 0 saturated carbocycles. The van der Waals surface area contributed by atoms with Crippen LogP contribution >= 0.6 is 0 Å². The predicted molar refractivity (Wildman–Crippen MR) is 78.1 cm³/mol. The summed E-state index contributed by atoms with van der Waals surface area (Å²) in [6.45, 7) is 3.59. The number of hydrogen-bond acceptors (Lipinski definition) is 2. The summed E-state index contributed by atoms with van der Waals surface area (Å²) in [5.74, 6) is 0. The first-order valence-electron chi connectivity index (χ1n) is 7.44. The van der Waals surface area contributed by atoms with Crippen molar-refractivity contribution in [1.29, 1.82) is 0 Å². The summed E-state index contributed by atoms with van der Waals surface area (Å²) in [5.41, 5.74) is 2.64. The molecule has 2 aliphatic rings. The molecule has 3 heteroatoms. The molecule has 0 aliphatic carbocycles. The van der Waals surface area contributed by atoms with Crippen LogP contribution in [0.3, 0.4) is 0 Å². The van der Waals surface area contributed by atoms with E-state index in [9.17, 15) is 0 Å². The Labute approximate surface area is 114 Å². The van der Waals surface area contributed by atoms with E-state index < -0.39 is 0 Å². The Morgan fingerprint density at radius 3 is 3.16 bits per heavy atom. The van der Waals surface area contributed by atoms with Crippen molar-refractivity contribution < 1.29 is 0 Å². The van der Waals surface area contributed by atoms with Crippen LogP contribution in [0.2, 0.25) is 0 Å². The number of fused-ring (bicyclic) bond motifs is 2. The number of rotatable bonds is 3. The van der Waals surface area contributed by atoms with E-state index >= 15 is 0 Å². The second-order valence-corrected chi connectivity index (χ2v) is 5.88. The molecule has 2 fully saturated rings. The molecule has 4 rings (SSSR count). The number of aromatic nitrogens is 1. The average molecular weight is 255 g/mol. The first-order chi connectivity index (χ1) is 9.42. The molecule has 0 amide bonds. The number of aromatic amines is 1. The zero-order valence-corrected chi connectivity index (χ0v) is 11.2. The third-order valence-electron chi connectivity index (χ3n) is 4.84. The van der Waals surface area contributed by atoms with Crippen molar-refractivity contribution in [2.75, 3.05) is 13.1 Å². The van der Waals surface area contributed by atoms with Crippen molar-refractivity contribution in [3.05, 3.63) is 36.0 Å². The van der Waals surface area contributed by atoms with Crippen LogP contribution in [-0.2, 0) is 6.54 Å². The van der Waals surface area contributed by atoms with E-state index in [4.69, 9.17) is 0 Å². The lowest BCUT2D eigenvalue weighted by atomic mass is 10.1. The Hall–Kier alpha value is -1.32. The highest BCUT2D eigenvalue weighted by Gasteiger charge is 2.36. The fraction of sp³-hybridized carbons (Fsp3) is 0.500. The highest BCUT2D eigenvalue weighted by molar-refractivity contribution is 5.82. The summed E-state index contributed by atoms with van der Waals surface area (Å²) < 4.78 is 0. The van der Waals surface area contributed by atoms with Gasteiger partial charge in [0.1, 0.15) is 0 Å². The third-order valence-corrected chi connectivity index (χ3v) is 4.84. The molecular weight excluding hydrogens is 234 g/mol. The van der Waals surface area contributed by atoms with E-state index in [1.165, 1.54) is 48.8 Å². The minimum absolute atomic E-state index is 0.691. The zero-order chi connectivity index (χ0) is 12.7. The molecule has 19 heavy (non-hydrogen) atoms. The number of H-pyrrole nitrogens is 1. The molecule has 2 N–H and O–H groups in total. The number of nitrogens with zero attached hydrogens (tertiary/aromatic N) is 1. The molecule has 3 nitrogen and oxygen atoms in total. The van der Waals surface area contributed by atoms with E-state index in [2.05, 4.69) is 45.7 Å². The number of nitrogens with one attached hydrogen (secondary N) is 2. The summed E-state index contributed by atoms with van der Waals surface area (Å²) in [4.78, 5) is 6.02. The van der Waals surface area contributed by atoms with Gasteiger partial charge in [0.25, 0.3) is 0 Å². The van der Waals surface area contributed by atoms with Crippen LogP contribution in [0.15, 0.2) is 30.5 Å². The smallest absolute Gasteiger partial charge is 0.0457 e. The highest BCUT2D eigenvalue weighted by Crippen LogP contribution is 2.28. The monoisotopic (exact) mass is 255 g/mol. The molecule has 2 aromatic rings. The summed E-state index contributed by atoms with van der Waals surface area (Å²) in [6, 6.07) is 10.0. The summed E-state index contributed by atoms with van der Waals surface area (Å²) in [5, 5.41) is 5.14. The summed E-state index contributed by atoms with van der Waals surface area (Å²) in [7, 11) is 0. The number of para-hydroxylation sites is 1. The van der Waals surface area contributed by atoms with Gasteiger partial charge in [0.05, 0.1) is 0 Å². The van der Waals surface area contributed by atoms with E-state index in [1.54, 1.807) is 0 Å². The normalized spacial score (nSPS) is 27.2. The van der Waals surface area contributed by atoms with Crippen molar-refractivity contribution in [1.82, 2.24) is 15.2 Å². The van der Waals surface area contributed by atoms with Gasteiger partial charge in [0.15, 0.2) is 0 Å². The molecule has 0 bridgehead atoms. The number of benzene rings is 1. The van der Waals surface area contributed by atoms with Gasteiger partial charge >= 0.3 is 0 Å². The molecular formula is C16H21N3. The lowest BCUT2D eigenvalue weighted by molar-refractivity contribution is 0.298. The van der Waals surface area contributed by atoms with Crippen LogP contribution in [0.25, 0.3) is 10.9 Å². The van der Waals surface area contributed by atoms with Crippen LogP contribution in [0.5, 0.6) is 0 Å². The van der Waals surface area contributed by atoms with Gasteiger partial charge in [0, 0.05) is 42.3 Å². The first-order valence-corrected chi connectivity index (χ1v) is 7.44. The third kappa shape index (κ3) is 1.97. The van der Waals surface area contributed by atoms with Gasteiger partial charge in [-0.15, -0.1) is 0 Å². The summed E-state index contributed by atoms with van der Waals surface area (Å²) >= 11 is 0. The maximum Gasteiger partial charge on any atom is 0.0457 e. The van der Waals surface area contributed by atoms with Gasteiger partial charge in [-0.25, -0.2) is 0 Å². The fourth-order valence-corrected chi connectivity index (χ4v) is 3.84. The quantitative estimate of drug-likeness (QED) is 0.883. The van der Waals surface area contributed by atoms with Crippen LogP contribution in [0, 0.1) is 0 Å². The van der Waals surface area contributed by atoms with E-state index in [-0.39, 0.29) is 0 Å². The Bertz CT molecular complexity index is 574. The Kier molecular flexibility index (Phi) is 2.82. The average Bonchev–Trinajstić information content (AvgIpc) is 3.12. The Morgan fingerprint density at radius 2 is 2.16 bits per heavy atom. The standard InChI is InChI=1S/C16H21N3/c1-2-5-14-13(4-1)12(10-17-14)11-18-15-7-9-19-8-3-6-16(15)19/h1-2,4-5,10,15-18H,3,6-9,11H2. The number of hydrogen-bond donors (Lipinski definition) is 2. The maximum absolute atomic E-state index is 3.79. The van der Waals surface area contributed by atoms with E-state index in [0.717, 1.165) is 12.6 Å². The topological polar surface area (TPSA) is 31.1 Å². The predicted octanol–water partition coefficient (Wildman–Crippen LogP) is 2.49. The first kappa shape index (κ1) is 11.5. The van der Waals surface area contributed by atoms with Crippen LogP contribution < -0.4 is 5.32 Å². The minimum Gasteiger partial charge on any atom is -0.361 e. The maximum atomic E-state index is 3.79. The lowest BCUT2D eigenvalue weighted by Crippen LogP contribution is -2.38. The summed E-state index contributed by atoms with van der Waals surface area (Å²) in [6.07, 6.45) is 6.23. The van der Waals surface area contributed by atoms with E-state index in [1.807, 2.05) is 0 Å². The van der Waals surface area contributed by atoms with Crippen molar-refractivity contribution >= 4 is 10.9 Å². The van der Waals surface area contributed by atoms with Crippen LogP contribution in [0.1, 0.15) is 24.8 Å². The minimum atomic E-state index is 0.691. The van der Waals surface area contributed by atoms with Crippen LogP contribution in [0.4, 0.5) is 0 Å². The Morgan fingerprint density at radius 1 is 1.21 bits per heavy atom. The van der Waals surface area contributed by atoms with Crippen molar-refractivity contribution in [2.45, 2.75) is 37.9 Å². The van der Waals surface area contributed by atoms with Gasteiger partial charge in [-0.1, -0.05) is 18.2 Å². The lowest BCUT2D eigenvalue weighted by Gasteiger charge is -2.21. The zero-order valence-electron chi connectivity index (χ0n) is 11.2. The molecule has 0 spiro atoms. The highest BCUT2D eigenvalue weighted by atomic mass is 15.2. The molecule has 3 heterocycles. The van der Waals surface area contributed by atoms with Crippen molar-refractivity contribution in [2.24, 2.45) is 0 Å².